The zero-order valence-electron chi connectivity index (χ0n) is 8.32. The smallest absolute Gasteiger partial charge is 0.167 e. The summed E-state index contributed by atoms with van der Waals surface area (Å²) in [5.74, 6) is 0.481. The first-order valence-corrected chi connectivity index (χ1v) is 5.90. The molecule has 2 nitrogen and oxygen atoms in total. The minimum atomic E-state index is 0.179. The van der Waals surface area contributed by atoms with Crippen LogP contribution in [0, 0.1) is 12.8 Å². The molecule has 2 N–H and O–H groups in total. The Bertz CT molecular complexity index is 345. The average Bonchev–Trinajstić information content (AvgIpc) is 2.73. The number of carbonyl (C=O) groups excluding carboxylic acids is 1. The standard InChI is InChI=1S/C11H15NOS/c1-7-10(4-5-14-7)11(13)8-2-3-9(12)6-8/h4-5,8-9H,2-3,6,12H2,1H3. The summed E-state index contributed by atoms with van der Waals surface area (Å²) in [4.78, 5) is 13.2. The van der Waals surface area contributed by atoms with Crippen molar-refractivity contribution in [2.45, 2.75) is 32.2 Å². The molecule has 1 fully saturated rings. The van der Waals surface area contributed by atoms with E-state index >= 15 is 0 Å². The average molecular weight is 209 g/mol. The molecule has 14 heavy (non-hydrogen) atoms. The van der Waals surface area contributed by atoms with E-state index in [1.165, 1.54) is 0 Å². The van der Waals surface area contributed by atoms with Gasteiger partial charge in [0.2, 0.25) is 0 Å². The van der Waals surface area contributed by atoms with Crippen LogP contribution in [-0.4, -0.2) is 11.8 Å². The number of aryl methyl sites for hydroxylation is 1. The van der Waals surface area contributed by atoms with Gasteiger partial charge in [0, 0.05) is 22.4 Å². The number of ketones is 1. The third-order valence-electron chi connectivity index (χ3n) is 2.97. The molecule has 1 saturated carbocycles. The molecule has 1 heterocycles. The second kappa shape index (κ2) is 3.83. The van der Waals surface area contributed by atoms with Crippen LogP contribution in [0.5, 0.6) is 0 Å². The zero-order valence-corrected chi connectivity index (χ0v) is 9.14. The highest BCUT2D eigenvalue weighted by Crippen LogP contribution is 2.29. The Balaban J connectivity index is 2.13. The van der Waals surface area contributed by atoms with Gasteiger partial charge in [0.25, 0.3) is 0 Å². The van der Waals surface area contributed by atoms with Crippen molar-refractivity contribution in [2.75, 3.05) is 0 Å². The monoisotopic (exact) mass is 209 g/mol. The van der Waals surface area contributed by atoms with Gasteiger partial charge in [-0.3, -0.25) is 4.79 Å². The molecular weight excluding hydrogens is 194 g/mol. The summed E-state index contributed by atoms with van der Waals surface area (Å²) >= 11 is 1.64. The van der Waals surface area contributed by atoms with Gasteiger partial charge >= 0.3 is 0 Å². The molecule has 0 spiro atoms. The third-order valence-corrected chi connectivity index (χ3v) is 3.81. The van der Waals surface area contributed by atoms with E-state index in [1.807, 2.05) is 18.4 Å². The maximum atomic E-state index is 12.0. The van der Waals surface area contributed by atoms with E-state index in [9.17, 15) is 4.79 Å². The zero-order chi connectivity index (χ0) is 10.1. The van der Waals surface area contributed by atoms with Crippen molar-refractivity contribution in [3.63, 3.8) is 0 Å². The summed E-state index contributed by atoms with van der Waals surface area (Å²) in [6, 6.07) is 2.18. The first-order chi connectivity index (χ1) is 6.68. The normalized spacial score (nSPS) is 26.7. The predicted molar refractivity (Wildman–Crippen MR) is 58.7 cm³/mol. The number of hydrogen-bond acceptors (Lipinski definition) is 3. The maximum absolute atomic E-state index is 12.0. The van der Waals surface area contributed by atoms with Crippen LogP contribution >= 0.6 is 11.3 Å². The van der Waals surface area contributed by atoms with Crippen molar-refractivity contribution < 1.29 is 4.79 Å². The lowest BCUT2D eigenvalue weighted by atomic mass is 9.97. The molecule has 1 aromatic heterocycles. The van der Waals surface area contributed by atoms with E-state index in [0.717, 1.165) is 29.7 Å². The van der Waals surface area contributed by atoms with Crippen LogP contribution in [0.3, 0.4) is 0 Å². The van der Waals surface area contributed by atoms with E-state index in [1.54, 1.807) is 11.3 Å². The second-order valence-electron chi connectivity index (χ2n) is 4.02. The van der Waals surface area contributed by atoms with Crippen LogP contribution in [0.2, 0.25) is 0 Å². The van der Waals surface area contributed by atoms with Crippen LogP contribution in [0.1, 0.15) is 34.5 Å². The van der Waals surface area contributed by atoms with Gasteiger partial charge in [-0.1, -0.05) is 0 Å². The molecule has 1 aliphatic carbocycles. The number of carbonyl (C=O) groups is 1. The molecule has 1 aromatic rings. The lowest BCUT2D eigenvalue weighted by molar-refractivity contribution is 0.0922. The SMILES string of the molecule is Cc1sccc1C(=O)C1CCC(N)C1. The van der Waals surface area contributed by atoms with Crippen molar-refractivity contribution in [3.8, 4) is 0 Å². The van der Waals surface area contributed by atoms with Crippen LogP contribution < -0.4 is 5.73 Å². The van der Waals surface area contributed by atoms with Crippen LogP contribution in [-0.2, 0) is 0 Å². The Morgan fingerprint density at radius 2 is 2.36 bits per heavy atom. The highest BCUT2D eigenvalue weighted by Gasteiger charge is 2.29. The molecule has 1 aliphatic rings. The summed E-state index contributed by atoms with van der Waals surface area (Å²) in [7, 11) is 0. The predicted octanol–water partition coefficient (Wildman–Crippen LogP) is 2.37. The molecule has 0 saturated heterocycles. The molecule has 2 rings (SSSR count). The first-order valence-electron chi connectivity index (χ1n) is 5.02. The number of Topliss-reactive ketones (excluding diaryl/α,β-unsaturated/α-hetero) is 1. The highest BCUT2D eigenvalue weighted by molar-refractivity contribution is 7.10. The van der Waals surface area contributed by atoms with Crippen LogP contribution in [0.15, 0.2) is 11.4 Å². The van der Waals surface area contributed by atoms with E-state index in [-0.39, 0.29) is 12.0 Å². The molecule has 0 amide bonds. The minimum Gasteiger partial charge on any atom is -0.328 e. The summed E-state index contributed by atoms with van der Waals surface area (Å²) in [5.41, 5.74) is 6.72. The minimum absolute atomic E-state index is 0.179. The molecule has 76 valence electrons. The molecular formula is C11H15NOS. The van der Waals surface area contributed by atoms with Crippen LogP contribution in [0.4, 0.5) is 0 Å². The topological polar surface area (TPSA) is 43.1 Å². The number of hydrogen-bond donors (Lipinski definition) is 1. The van der Waals surface area contributed by atoms with Crippen molar-refractivity contribution in [2.24, 2.45) is 11.7 Å². The summed E-state index contributed by atoms with van der Waals surface area (Å²) in [6.07, 6.45) is 2.84. The van der Waals surface area contributed by atoms with Gasteiger partial charge in [-0.05, 0) is 37.6 Å². The maximum Gasteiger partial charge on any atom is 0.167 e. The molecule has 0 aromatic carbocycles. The molecule has 3 heteroatoms. The van der Waals surface area contributed by atoms with Gasteiger partial charge in [0.1, 0.15) is 0 Å². The van der Waals surface area contributed by atoms with E-state index in [2.05, 4.69) is 0 Å². The summed E-state index contributed by atoms with van der Waals surface area (Å²) in [5, 5.41) is 1.98. The number of rotatable bonds is 2. The Morgan fingerprint density at radius 1 is 1.57 bits per heavy atom. The largest absolute Gasteiger partial charge is 0.328 e. The number of thiophene rings is 1. The lowest BCUT2D eigenvalue weighted by Gasteiger charge is -2.07. The van der Waals surface area contributed by atoms with E-state index in [4.69, 9.17) is 5.73 Å². The van der Waals surface area contributed by atoms with E-state index in [0.29, 0.717) is 5.78 Å². The molecule has 0 bridgehead atoms. The lowest BCUT2D eigenvalue weighted by Crippen LogP contribution is -2.18. The quantitative estimate of drug-likeness (QED) is 0.760. The first kappa shape index (κ1) is 9.87. The van der Waals surface area contributed by atoms with Gasteiger partial charge in [-0.2, -0.15) is 0 Å². The fourth-order valence-electron chi connectivity index (χ4n) is 2.12. The Morgan fingerprint density at radius 3 is 2.86 bits per heavy atom. The van der Waals surface area contributed by atoms with E-state index < -0.39 is 0 Å². The molecule has 2 atom stereocenters. The third kappa shape index (κ3) is 1.74. The second-order valence-corrected chi connectivity index (χ2v) is 5.15. The fourth-order valence-corrected chi connectivity index (χ4v) is 2.82. The fraction of sp³-hybridized carbons (Fsp3) is 0.545. The Labute approximate surface area is 88.1 Å². The highest BCUT2D eigenvalue weighted by atomic mass is 32.1. The van der Waals surface area contributed by atoms with Crippen molar-refractivity contribution in [1.82, 2.24) is 0 Å². The van der Waals surface area contributed by atoms with Gasteiger partial charge in [-0.25, -0.2) is 0 Å². The van der Waals surface area contributed by atoms with Gasteiger partial charge in [-0.15, -0.1) is 11.3 Å². The van der Waals surface area contributed by atoms with Gasteiger partial charge in [0.15, 0.2) is 5.78 Å². The van der Waals surface area contributed by atoms with Crippen molar-refractivity contribution in [3.05, 3.63) is 21.9 Å². The summed E-state index contributed by atoms with van der Waals surface area (Å²) in [6.45, 7) is 2.01. The van der Waals surface area contributed by atoms with Crippen LogP contribution in [0.25, 0.3) is 0 Å². The molecule has 2 unspecified atom stereocenters. The van der Waals surface area contributed by atoms with Crippen molar-refractivity contribution in [1.29, 1.82) is 0 Å². The molecule has 0 aliphatic heterocycles. The Kier molecular flexibility index (Phi) is 2.70. The number of nitrogens with two attached hydrogens (primary N) is 1. The van der Waals surface area contributed by atoms with Gasteiger partial charge in [0.05, 0.1) is 0 Å². The Hall–Kier alpha value is -0.670. The molecule has 0 radical (unpaired) electrons. The van der Waals surface area contributed by atoms with Gasteiger partial charge < -0.3 is 5.73 Å². The summed E-state index contributed by atoms with van der Waals surface area (Å²) < 4.78 is 0. The van der Waals surface area contributed by atoms with Crippen molar-refractivity contribution >= 4 is 17.1 Å².